The highest BCUT2D eigenvalue weighted by Gasteiger charge is 2.31. The molecule has 1 unspecified atom stereocenters. The summed E-state index contributed by atoms with van der Waals surface area (Å²) in [4.78, 5) is 11.2. The smallest absolute Gasteiger partial charge is 0.306 e. The van der Waals surface area contributed by atoms with Crippen LogP contribution in [0.4, 0.5) is 0 Å². The number of hydrogen-bond acceptors (Lipinski definition) is 3. The van der Waals surface area contributed by atoms with E-state index in [4.69, 9.17) is 5.11 Å². The first-order valence-corrected chi connectivity index (χ1v) is 8.21. The van der Waals surface area contributed by atoms with Gasteiger partial charge >= 0.3 is 5.97 Å². The lowest BCUT2D eigenvalue weighted by Crippen LogP contribution is -2.25. The molecule has 0 aromatic heterocycles. The molecule has 17 heavy (non-hydrogen) atoms. The van der Waals surface area contributed by atoms with Crippen LogP contribution in [0.1, 0.15) is 45.4 Å². The number of carboxylic acids is 1. The molecule has 100 valence electrons. The molecule has 4 nitrogen and oxygen atoms in total. The maximum atomic E-state index is 11.6. The van der Waals surface area contributed by atoms with Crippen molar-refractivity contribution in [2.45, 2.75) is 45.4 Å². The minimum Gasteiger partial charge on any atom is -0.481 e. The highest BCUT2D eigenvalue weighted by molar-refractivity contribution is 7.91. The van der Waals surface area contributed by atoms with Crippen molar-refractivity contribution in [3.63, 3.8) is 0 Å². The zero-order valence-electron chi connectivity index (χ0n) is 10.4. The molecule has 0 spiro atoms. The molecule has 0 saturated heterocycles. The maximum Gasteiger partial charge on any atom is 0.306 e. The summed E-state index contributed by atoms with van der Waals surface area (Å²) in [7, 11) is -3.05. The van der Waals surface area contributed by atoms with Gasteiger partial charge in [-0.1, -0.05) is 19.8 Å². The fourth-order valence-corrected chi connectivity index (χ4v) is 4.08. The van der Waals surface area contributed by atoms with E-state index in [1.165, 1.54) is 0 Å². The van der Waals surface area contributed by atoms with Crippen molar-refractivity contribution in [3.05, 3.63) is 0 Å². The van der Waals surface area contributed by atoms with E-state index in [9.17, 15) is 13.2 Å². The molecule has 0 heterocycles. The Balaban J connectivity index is 2.53. The molecule has 0 aromatic rings. The molecule has 1 atom stereocenters. The third-order valence-corrected chi connectivity index (χ3v) is 5.43. The minimum absolute atomic E-state index is 0.0221. The van der Waals surface area contributed by atoms with Gasteiger partial charge in [0.1, 0.15) is 9.84 Å². The van der Waals surface area contributed by atoms with Crippen LogP contribution in [-0.2, 0) is 14.6 Å². The first kappa shape index (κ1) is 14.5. The van der Waals surface area contributed by atoms with E-state index in [-0.39, 0.29) is 23.8 Å². The lowest BCUT2D eigenvalue weighted by atomic mass is 9.89. The van der Waals surface area contributed by atoms with Crippen LogP contribution in [0.25, 0.3) is 0 Å². The zero-order chi connectivity index (χ0) is 12.9. The van der Waals surface area contributed by atoms with E-state index >= 15 is 0 Å². The Kier molecular flexibility index (Phi) is 5.43. The average molecular weight is 262 g/mol. The highest BCUT2D eigenvalue weighted by atomic mass is 32.2. The monoisotopic (exact) mass is 262 g/mol. The molecule has 1 N–H and O–H groups in total. The van der Waals surface area contributed by atoms with Crippen molar-refractivity contribution in [2.75, 3.05) is 11.5 Å². The Morgan fingerprint density at radius 3 is 2.35 bits per heavy atom. The third kappa shape index (κ3) is 4.66. The summed E-state index contributed by atoms with van der Waals surface area (Å²) in [6, 6.07) is 0. The molecule has 1 saturated carbocycles. The Hall–Kier alpha value is -0.580. The summed E-state index contributed by atoms with van der Waals surface area (Å²) >= 11 is 0. The van der Waals surface area contributed by atoms with Gasteiger partial charge in [0.25, 0.3) is 0 Å². The Labute approximate surface area is 103 Å². The van der Waals surface area contributed by atoms with Crippen molar-refractivity contribution < 1.29 is 18.3 Å². The molecule has 1 rings (SSSR count). The summed E-state index contributed by atoms with van der Waals surface area (Å²) in [5.41, 5.74) is 0. The topological polar surface area (TPSA) is 71.4 Å². The second-order valence-corrected chi connectivity index (χ2v) is 7.23. The number of carbonyl (C=O) groups is 1. The fourth-order valence-electron chi connectivity index (χ4n) is 2.64. The van der Waals surface area contributed by atoms with Gasteiger partial charge in [-0.2, -0.15) is 0 Å². The lowest BCUT2D eigenvalue weighted by molar-refractivity contribution is -0.143. The maximum absolute atomic E-state index is 11.6. The Morgan fingerprint density at radius 2 is 1.88 bits per heavy atom. The standard InChI is InChI=1S/C12H22O4S/c1-2-8-17(15,16)9-7-11(12(13)14)10-5-3-4-6-10/h10-11H,2-9H2,1H3,(H,13,14). The van der Waals surface area contributed by atoms with Crippen LogP contribution in [0.2, 0.25) is 0 Å². The second-order valence-electron chi connectivity index (χ2n) is 4.93. The van der Waals surface area contributed by atoms with Crippen LogP contribution in [0.15, 0.2) is 0 Å². The normalized spacial score (nSPS) is 19.4. The van der Waals surface area contributed by atoms with E-state index in [0.29, 0.717) is 6.42 Å². The predicted molar refractivity (Wildman–Crippen MR) is 66.6 cm³/mol. The Morgan fingerprint density at radius 1 is 1.29 bits per heavy atom. The largest absolute Gasteiger partial charge is 0.481 e. The van der Waals surface area contributed by atoms with Crippen molar-refractivity contribution in [2.24, 2.45) is 11.8 Å². The fraction of sp³-hybridized carbons (Fsp3) is 0.917. The quantitative estimate of drug-likeness (QED) is 0.762. The highest BCUT2D eigenvalue weighted by Crippen LogP contribution is 2.33. The van der Waals surface area contributed by atoms with Crippen molar-refractivity contribution >= 4 is 15.8 Å². The van der Waals surface area contributed by atoms with Crippen molar-refractivity contribution in [1.82, 2.24) is 0 Å². The number of hydrogen-bond donors (Lipinski definition) is 1. The average Bonchev–Trinajstić information content (AvgIpc) is 2.70. The Bertz CT molecular complexity index is 342. The molecule has 1 aliphatic carbocycles. The van der Waals surface area contributed by atoms with Crippen LogP contribution >= 0.6 is 0 Å². The van der Waals surface area contributed by atoms with E-state index in [1.807, 2.05) is 6.92 Å². The van der Waals surface area contributed by atoms with Crippen LogP contribution < -0.4 is 0 Å². The molecule has 0 aliphatic heterocycles. The minimum atomic E-state index is -3.05. The first-order valence-electron chi connectivity index (χ1n) is 6.39. The predicted octanol–water partition coefficient (Wildman–Crippen LogP) is 2.09. The lowest BCUT2D eigenvalue weighted by Gasteiger charge is -2.18. The summed E-state index contributed by atoms with van der Waals surface area (Å²) in [6.45, 7) is 1.82. The zero-order valence-corrected chi connectivity index (χ0v) is 11.2. The number of sulfone groups is 1. The molecule has 0 radical (unpaired) electrons. The molecule has 0 aromatic carbocycles. The molecule has 0 bridgehead atoms. The van der Waals surface area contributed by atoms with E-state index in [0.717, 1.165) is 25.7 Å². The number of carboxylic acid groups (broad SMARTS) is 1. The van der Waals surface area contributed by atoms with Crippen molar-refractivity contribution in [1.29, 1.82) is 0 Å². The van der Waals surface area contributed by atoms with Gasteiger partial charge in [0.2, 0.25) is 0 Å². The second kappa shape index (κ2) is 6.38. The first-order chi connectivity index (χ1) is 7.96. The van der Waals surface area contributed by atoms with Crippen molar-refractivity contribution in [3.8, 4) is 0 Å². The SMILES string of the molecule is CCCS(=O)(=O)CCC(C(=O)O)C1CCCC1. The van der Waals surface area contributed by atoms with Gasteiger partial charge in [-0.3, -0.25) is 4.79 Å². The van der Waals surface area contributed by atoms with E-state index in [1.54, 1.807) is 0 Å². The van der Waals surface area contributed by atoms with E-state index < -0.39 is 21.7 Å². The van der Waals surface area contributed by atoms with Gasteiger partial charge in [-0.25, -0.2) is 8.42 Å². The molecule has 5 heteroatoms. The summed E-state index contributed by atoms with van der Waals surface area (Å²) in [6.07, 6.45) is 4.91. The van der Waals surface area contributed by atoms with Crippen LogP contribution in [0.5, 0.6) is 0 Å². The molecular weight excluding hydrogens is 240 g/mol. The van der Waals surface area contributed by atoms with Gasteiger partial charge in [0.15, 0.2) is 0 Å². The van der Waals surface area contributed by atoms with Crippen LogP contribution in [-0.4, -0.2) is 31.0 Å². The molecule has 1 fully saturated rings. The van der Waals surface area contributed by atoms with Gasteiger partial charge < -0.3 is 5.11 Å². The molecule has 0 amide bonds. The summed E-state index contributed by atoms with van der Waals surface area (Å²) < 4.78 is 23.2. The molecule has 1 aliphatic rings. The number of rotatable bonds is 7. The summed E-state index contributed by atoms with van der Waals surface area (Å²) in [5.74, 6) is -0.921. The number of aliphatic carboxylic acids is 1. The van der Waals surface area contributed by atoms with Gasteiger partial charge in [0, 0.05) is 5.75 Å². The van der Waals surface area contributed by atoms with Gasteiger partial charge in [0.05, 0.1) is 11.7 Å². The van der Waals surface area contributed by atoms with Gasteiger partial charge in [-0.15, -0.1) is 0 Å². The third-order valence-electron chi connectivity index (χ3n) is 3.54. The van der Waals surface area contributed by atoms with Crippen LogP contribution in [0.3, 0.4) is 0 Å². The van der Waals surface area contributed by atoms with Crippen LogP contribution in [0, 0.1) is 11.8 Å². The van der Waals surface area contributed by atoms with Gasteiger partial charge in [-0.05, 0) is 31.6 Å². The summed E-state index contributed by atoms with van der Waals surface area (Å²) in [5, 5.41) is 9.17. The molecular formula is C12H22O4S. The van der Waals surface area contributed by atoms with E-state index in [2.05, 4.69) is 0 Å².